The van der Waals surface area contributed by atoms with Gasteiger partial charge in [0.2, 0.25) is 0 Å². The largest absolute Gasteiger partial charge is 0.311 e. The molecular formula is C7H4FNO2. The summed E-state index contributed by atoms with van der Waals surface area (Å²) in [5.74, 6) is -0.519. The van der Waals surface area contributed by atoms with Crippen molar-refractivity contribution in [1.29, 1.82) is 0 Å². The van der Waals surface area contributed by atoms with Gasteiger partial charge in [-0.05, 0) is 24.0 Å². The van der Waals surface area contributed by atoms with E-state index in [0.717, 1.165) is 18.2 Å². The standard InChI is InChI=1S/C7H4FNO2/c8-6-2-1-3-7(5-4-6)9(10)11/h1-2,4-5H. The van der Waals surface area contributed by atoms with Crippen molar-refractivity contribution in [2.45, 2.75) is 0 Å². The molecule has 3 nitrogen and oxygen atoms in total. The van der Waals surface area contributed by atoms with Crippen LogP contribution in [0.15, 0.2) is 41.6 Å². The monoisotopic (exact) mass is 153 g/mol. The molecule has 0 aromatic heterocycles. The van der Waals surface area contributed by atoms with Gasteiger partial charge in [0.1, 0.15) is 5.83 Å². The van der Waals surface area contributed by atoms with Gasteiger partial charge in [0.05, 0.1) is 4.92 Å². The molecule has 0 atom stereocenters. The molecule has 0 saturated heterocycles. The first-order chi connectivity index (χ1) is 5.20. The Morgan fingerprint density at radius 2 is 2.27 bits per heavy atom. The van der Waals surface area contributed by atoms with Crippen molar-refractivity contribution in [3.05, 3.63) is 51.7 Å². The average molecular weight is 153 g/mol. The molecule has 1 aliphatic rings. The molecule has 0 amide bonds. The molecule has 56 valence electrons. The fourth-order valence-corrected chi connectivity index (χ4v) is 0.582. The lowest BCUT2D eigenvalue weighted by molar-refractivity contribution is -0.418. The SMILES string of the molecule is O=[N+]([O-])C1=C=CC=C(F)C=C1. The molecule has 0 fully saturated rings. The third-order valence-electron chi connectivity index (χ3n) is 1.07. The number of rotatable bonds is 1. The first-order valence-corrected chi connectivity index (χ1v) is 2.85. The second-order valence-electron chi connectivity index (χ2n) is 1.84. The summed E-state index contributed by atoms with van der Waals surface area (Å²) >= 11 is 0. The van der Waals surface area contributed by atoms with Gasteiger partial charge in [-0.2, -0.15) is 0 Å². The number of halogens is 1. The number of allylic oxidation sites excluding steroid dienone is 4. The molecular weight excluding hydrogens is 149 g/mol. The molecule has 0 spiro atoms. The number of hydrogen-bond donors (Lipinski definition) is 0. The van der Waals surface area contributed by atoms with E-state index in [0.29, 0.717) is 0 Å². The van der Waals surface area contributed by atoms with E-state index in [4.69, 9.17) is 0 Å². The Labute approximate surface area is 62.0 Å². The van der Waals surface area contributed by atoms with Gasteiger partial charge in [-0.15, -0.1) is 0 Å². The predicted octanol–water partition coefficient (Wildman–Crippen LogP) is 1.73. The van der Waals surface area contributed by atoms with Gasteiger partial charge in [0.25, 0.3) is 0 Å². The molecule has 0 N–H and O–H groups in total. The number of nitrogens with zero attached hydrogens (tertiary/aromatic N) is 1. The molecule has 0 saturated carbocycles. The van der Waals surface area contributed by atoms with E-state index in [1.807, 2.05) is 0 Å². The van der Waals surface area contributed by atoms with Gasteiger partial charge >= 0.3 is 5.70 Å². The Bertz CT molecular complexity index is 308. The van der Waals surface area contributed by atoms with Gasteiger partial charge in [0, 0.05) is 6.08 Å². The van der Waals surface area contributed by atoms with Crippen molar-refractivity contribution in [1.82, 2.24) is 0 Å². The smallest absolute Gasteiger partial charge is 0.258 e. The summed E-state index contributed by atoms with van der Waals surface area (Å²) in [6.45, 7) is 0. The van der Waals surface area contributed by atoms with Crippen LogP contribution in [0.1, 0.15) is 0 Å². The van der Waals surface area contributed by atoms with E-state index in [1.54, 1.807) is 0 Å². The van der Waals surface area contributed by atoms with Crippen LogP contribution in [0.2, 0.25) is 0 Å². The maximum atomic E-state index is 12.3. The summed E-state index contributed by atoms with van der Waals surface area (Å²) in [6, 6.07) is 0. The maximum absolute atomic E-state index is 12.3. The van der Waals surface area contributed by atoms with Crippen molar-refractivity contribution in [2.75, 3.05) is 0 Å². The second-order valence-corrected chi connectivity index (χ2v) is 1.84. The fourth-order valence-electron chi connectivity index (χ4n) is 0.582. The van der Waals surface area contributed by atoms with Crippen LogP contribution in [0.4, 0.5) is 4.39 Å². The van der Waals surface area contributed by atoms with Crippen LogP contribution in [0.3, 0.4) is 0 Å². The zero-order valence-electron chi connectivity index (χ0n) is 5.45. The summed E-state index contributed by atoms with van der Waals surface area (Å²) in [7, 11) is 0. The minimum Gasteiger partial charge on any atom is -0.258 e. The van der Waals surface area contributed by atoms with Crippen molar-refractivity contribution in [3.63, 3.8) is 0 Å². The normalized spacial score (nSPS) is 15.4. The summed E-state index contributed by atoms with van der Waals surface area (Å²) in [5.41, 5.74) is 2.06. The van der Waals surface area contributed by atoms with Crippen LogP contribution in [0.25, 0.3) is 0 Å². The molecule has 0 aromatic rings. The highest BCUT2D eigenvalue weighted by Crippen LogP contribution is 2.06. The highest BCUT2D eigenvalue weighted by atomic mass is 19.1. The second kappa shape index (κ2) is 2.94. The van der Waals surface area contributed by atoms with Gasteiger partial charge in [0.15, 0.2) is 0 Å². The molecule has 0 bridgehead atoms. The zero-order chi connectivity index (χ0) is 8.27. The van der Waals surface area contributed by atoms with Gasteiger partial charge in [-0.3, -0.25) is 10.1 Å². The van der Waals surface area contributed by atoms with Crippen LogP contribution in [-0.2, 0) is 0 Å². The average Bonchev–Trinajstić information content (AvgIpc) is 2.13. The molecule has 11 heavy (non-hydrogen) atoms. The topological polar surface area (TPSA) is 43.1 Å². The van der Waals surface area contributed by atoms with E-state index in [2.05, 4.69) is 5.73 Å². The number of nitro groups is 1. The van der Waals surface area contributed by atoms with Crippen LogP contribution >= 0.6 is 0 Å². The lowest BCUT2D eigenvalue weighted by Gasteiger charge is -1.82. The van der Waals surface area contributed by atoms with Gasteiger partial charge < -0.3 is 0 Å². The third-order valence-corrected chi connectivity index (χ3v) is 1.07. The van der Waals surface area contributed by atoms with Crippen LogP contribution in [0.5, 0.6) is 0 Å². The Morgan fingerprint density at radius 1 is 1.55 bits per heavy atom. The molecule has 0 radical (unpaired) electrons. The van der Waals surface area contributed by atoms with E-state index >= 15 is 0 Å². The Kier molecular flexibility index (Phi) is 1.99. The Hall–Kier alpha value is -1.67. The molecule has 4 heteroatoms. The van der Waals surface area contributed by atoms with Crippen molar-refractivity contribution >= 4 is 0 Å². The quantitative estimate of drug-likeness (QED) is 0.327. The summed E-state index contributed by atoms with van der Waals surface area (Å²) in [4.78, 5) is 9.48. The molecule has 0 aliphatic heterocycles. The van der Waals surface area contributed by atoms with Crippen LogP contribution in [-0.4, -0.2) is 4.92 Å². The van der Waals surface area contributed by atoms with Crippen molar-refractivity contribution in [2.24, 2.45) is 0 Å². The lowest BCUT2D eigenvalue weighted by Crippen LogP contribution is -1.92. The van der Waals surface area contributed by atoms with Gasteiger partial charge in [-0.25, -0.2) is 4.39 Å². The minimum atomic E-state index is -0.626. The minimum absolute atomic E-state index is 0.242. The van der Waals surface area contributed by atoms with E-state index in [9.17, 15) is 14.5 Å². The van der Waals surface area contributed by atoms with Crippen molar-refractivity contribution in [3.8, 4) is 0 Å². The van der Waals surface area contributed by atoms with Crippen molar-refractivity contribution < 1.29 is 9.31 Å². The highest BCUT2D eigenvalue weighted by Gasteiger charge is 2.04. The summed E-state index contributed by atoms with van der Waals surface area (Å²) < 4.78 is 12.3. The Morgan fingerprint density at radius 3 is 2.91 bits per heavy atom. The third kappa shape index (κ3) is 1.88. The predicted molar refractivity (Wildman–Crippen MR) is 36.9 cm³/mol. The first-order valence-electron chi connectivity index (χ1n) is 2.85. The molecule has 1 aliphatic carbocycles. The van der Waals surface area contributed by atoms with Crippen LogP contribution < -0.4 is 0 Å². The Balaban J connectivity index is 2.99. The van der Waals surface area contributed by atoms with E-state index in [-0.39, 0.29) is 5.70 Å². The molecule has 0 heterocycles. The molecule has 1 rings (SSSR count). The number of hydrogen-bond acceptors (Lipinski definition) is 2. The summed E-state index contributed by atoms with van der Waals surface area (Å²) in [6.07, 6.45) is 4.37. The zero-order valence-corrected chi connectivity index (χ0v) is 5.45. The first kappa shape index (κ1) is 7.44. The maximum Gasteiger partial charge on any atom is 0.311 e. The lowest BCUT2D eigenvalue weighted by atomic mass is 10.4. The summed E-state index contributed by atoms with van der Waals surface area (Å²) in [5, 5.41) is 10.1. The van der Waals surface area contributed by atoms with E-state index in [1.165, 1.54) is 6.08 Å². The van der Waals surface area contributed by atoms with E-state index < -0.39 is 10.8 Å². The molecule has 0 aromatic carbocycles. The molecule has 0 unspecified atom stereocenters. The van der Waals surface area contributed by atoms with Gasteiger partial charge in [-0.1, -0.05) is 0 Å². The fraction of sp³-hybridized carbons (Fsp3) is 0. The highest BCUT2D eigenvalue weighted by molar-refractivity contribution is 5.27. The van der Waals surface area contributed by atoms with Crippen LogP contribution in [0, 0.1) is 10.1 Å².